The van der Waals surface area contributed by atoms with Gasteiger partial charge in [-0.1, -0.05) is 0 Å². The number of pyridine rings is 1. The Morgan fingerprint density at radius 1 is 1.04 bits per heavy atom. The molecule has 3 N–H and O–H groups in total. The molecule has 2 amide bonds. The topological polar surface area (TPSA) is 117 Å². The van der Waals surface area contributed by atoms with Gasteiger partial charge in [0.2, 0.25) is 21.8 Å². The summed E-state index contributed by atoms with van der Waals surface area (Å²) in [4.78, 5) is 26.9. The normalized spacial score (nSPS) is 12.2. The van der Waals surface area contributed by atoms with Crippen molar-refractivity contribution in [1.29, 1.82) is 0 Å². The molecule has 1 aromatic carbocycles. The molecule has 0 saturated heterocycles. The standard InChI is InChI=1S/C16H18N4O4S/c1-11(16(22)19-14-4-3-9-17-10-14)20-25(23,24)15-7-5-13(6-8-15)18-12(2)21/h3-11,20H,1-2H3,(H,18,21)(H,19,22)/t11-/m0/s1. The number of hydrogen-bond acceptors (Lipinski definition) is 5. The van der Waals surface area contributed by atoms with Crippen LogP contribution in [0.25, 0.3) is 0 Å². The molecule has 1 atom stereocenters. The molecule has 1 heterocycles. The van der Waals surface area contributed by atoms with E-state index >= 15 is 0 Å². The van der Waals surface area contributed by atoms with Crippen molar-refractivity contribution in [2.45, 2.75) is 24.8 Å². The van der Waals surface area contributed by atoms with Crippen LogP contribution < -0.4 is 15.4 Å². The number of sulfonamides is 1. The molecule has 0 fully saturated rings. The van der Waals surface area contributed by atoms with Gasteiger partial charge in [-0.2, -0.15) is 4.72 Å². The van der Waals surface area contributed by atoms with Crippen LogP contribution in [0, 0.1) is 0 Å². The van der Waals surface area contributed by atoms with Crippen molar-refractivity contribution in [1.82, 2.24) is 9.71 Å². The zero-order valence-corrected chi connectivity index (χ0v) is 14.5. The Hall–Kier alpha value is -2.78. The average Bonchev–Trinajstić information content (AvgIpc) is 2.55. The quantitative estimate of drug-likeness (QED) is 0.717. The van der Waals surface area contributed by atoms with Crippen molar-refractivity contribution in [3.8, 4) is 0 Å². The first kappa shape index (κ1) is 18.6. The number of rotatable bonds is 6. The summed E-state index contributed by atoms with van der Waals surface area (Å²) >= 11 is 0. The summed E-state index contributed by atoms with van der Waals surface area (Å²) in [5.74, 6) is -0.763. The third kappa shape index (κ3) is 5.37. The second-order valence-electron chi connectivity index (χ2n) is 5.28. The molecule has 2 rings (SSSR count). The number of anilines is 2. The molecule has 132 valence electrons. The van der Waals surface area contributed by atoms with Gasteiger partial charge in [0.25, 0.3) is 0 Å². The minimum atomic E-state index is -3.88. The van der Waals surface area contributed by atoms with Gasteiger partial charge in [-0.3, -0.25) is 14.6 Å². The zero-order valence-electron chi connectivity index (χ0n) is 13.7. The fourth-order valence-electron chi connectivity index (χ4n) is 1.96. The van der Waals surface area contributed by atoms with Gasteiger partial charge in [-0.15, -0.1) is 0 Å². The van der Waals surface area contributed by atoms with Gasteiger partial charge in [0.15, 0.2) is 0 Å². The Bertz CT molecular complexity index is 851. The number of hydrogen-bond donors (Lipinski definition) is 3. The molecule has 0 saturated carbocycles. The maximum Gasteiger partial charge on any atom is 0.242 e. The highest BCUT2D eigenvalue weighted by Crippen LogP contribution is 2.14. The van der Waals surface area contributed by atoms with E-state index in [1.807, 2.05) is 0 Å². The second kappa shape index (κ2) is 7.86. The van der Waals surface area contributed by atoms with Gasteiger partial charge in [0.05, 0.1) is 22.8 Å². The fourth-order valence-corrected chi connectivity index (χ4v) is 3.17. The monoisotopic (exact) mass is 362 g/mol. The SMILES string of the molecule is CC(=O)Nc1ccc(S(=O)(=O)N[C@@H](C)C(=O)Nc2cccnc2)cc1. The highest BCUT2D eigenvalue weighted by molar-refractivity contribution is 7.89. The summed E-state index contributed by atoms with van der Waals surface area (Å²) in [6.45, 7) is 2.80. The van der Waals surface area contributed by atoms with Crippen LogP contribution in [0.1, 0.15) is 13.8 Å². The molecular formula is C16H18N4O4S. The third-order valence-corrected chi connectivity index (χ3v) is 4.70. The first-order valence-corrected chi connectivity index (χ1v) is 8.87. The van der Waals surface area contributed by atoms with E-state index in [0.29, 0.717) is 11.4 Å². The zero-order chi connectivity index (χ0) is 18.4. The van der Waals surface area contributed by atoms with Crippen LogP contribution in [0.4, 0.5) is 11.4 Å². The van der Waals surface area contributed by atoms with Crippen LogP contribution >= 0.6 is 0 Å². The van der Waals surface area contributed by atoms with E-state index in [0.717, 1.165) is 0 Å². The molecule has 0 unspecified atom stereocenters. The second-order valence-corrected chi connectivity index (χ2v) is 6.99. The molecule has 9 heteroatoms. The molecule has 0 spiro atoms. The Morgan fingerprint density at radius 3 is 2.28 bits per heavy atom. The molecular weight excluding hydrogens is 344 g/mol. The van der Waals surface area contributed by atoms with Crippen LogP contribution in [-0.2, 0) is 19.6 Å². The highest BCUT2D eigenvalue weighted by Gasteiger charge is 2.22. The number of nitrogens with zero attached hydrogens (tertiary/aromatic N) is 1. The lowest BCUT2D eigenvalue weighted by Gasteiger charge is -2.14. The van der Waals surface area contributed by atoms with Crippen molar-refractivity contribution in [2.75, 3.05) is 10.6 Å². The minimum Gasteiger partial charge on any atom is -0.326 e. The summed E-state index contributed by atoms with van der Waals surface area (Å²) < 4.78 is 27.0. The maximum absolute atomic E-state index is 12.3. The molecule has 0 aliphatic rings. The van der Waals surface area contributed by atoms with Crippen molar-refractivity contribution in [2.24, 2.45) is 0 Å². The van der Waals surface area contributed by atoms with Crippen LogP contribution in [-0.4, -0.2) is 31.3 Å². The lowest BCUT2D eigenvalue weighted by Crippen LogP contribution is -2.41. The summed E-state index contributed by atoms with van der Waals surface area (Å²) in [6, 6.07) is 7.94. The molecule has 0 radical (unpaired) electrons. The summed E-state index contributed by atoms with van der Waals surface area (Å²) in [7, 11) is -3.88. The Morgan fingerprint density at radius 2 is 1.72 bits per heavy atom. The van der Waals surface area contributed by atoms with Crippen molar-refractivity contribution in [3.63, 3.8) is 0 Å². The minimum absolute atomic E-state index is 0.0115. The largest absolute Gasteiger partial charge is 0.326 e. The number of carbonyl (C=O) groups excluding carboxylic acids is 2. The van der Waals surface area contributed by atoms with E-state index in [4.69, 9.17) is 0 Å². The van der Waals surface area contributed by atoms with E-state index in [-0.39, 0.29) is 10.8 Å². The smallest absolute Gasteiger partial charge is 0.242 e. The Balaban J connectivity index is 2.04. The van der Waals surface area contributed by atoms with Crippen LogP contribution in [0.2, 0.25) is 0 Å². The van der Waals surface area contributed by atoms with Crippen LogP contribution in [0.15, 0.2) is 53.7 Å². The number of amides is 2. The highest BCUT2D eigenvalue weighted by atomic mass is 32.2. The van der Waals surface area contributed by atoms with E-state index < -0.39 is 22.0 Å². The molecule has 8 nitrogen and oxygen atoms in total. The van der Waals surface area contributed by atoms with E-state index in [1.165, 1.54) is 44.3 Å². The molecule has 25 heavy (non-hydrogen) atoms. The van der Waals surface area contributed by atoms with Crippen molar-refractivity contribution in [3.05, 3.63) is 48.8 Å². The van der Waals surface area contributed by atoms with Gasteiger partial charge < -0.3 is 10.6 Å². The molecule has 1 aromatic heterocycles. The number of aromatic nitrogens is 1. The lowest BCUT2D eigenvalue weighted by atomic mass is 10.3. The summed E-state index contributed by atoms with van der Waals surface area (Å²) in [5.41, 5.74) is 0.951. The number of benzene rings is 1. The van der Waals surface area contributed by atoms with Gasteiger partial charge in [0.1, 0.15) is 0 Å². The average molecular weight is 362 g/mol. The van der Waals surface area contributed by atoms with Gasteiger partial charge in [-0.25, -0.2) is 8.42 Å². The van der Waals surface area contributed by atoms with Gasteiger partial charge in [0, 0.05) is 18.8 Å². The van der Waals surface area contributed by atoms with Gasteiger partial charge in [-0.05, 0) is 43.3 Å². The number of nitrogens with one attached hydrogen (secondary N) is 3. The van der Waals surface area contributed by atoms with Gasteiger partial charge >= 0.3 is 0 Å². The van der Waals surface area contributed by atoms with Crippen molar-refractivity contribution < 1.29 is 18.0 Å². The Labute approximate surface area is 145 Å². The fraction of sp³-hybridized carbons (Fsp3) is 0.188. The maximum atomic E-state index is 12.3. The van der Waals surface area contributed by atoms with E-state index in [9.17, 15) is 18.0 Å². The number of carbonyl (C=O) groups is 2. The summed E-state index contributed by atoms with van der Waals surface area (Å²) in [6.07, 6.45) is 3.02. The molecule has 0 aliphatic carbocycles. The Kier molecular flexibility index (Phi) is 5.84. The third-order valence-electron chi connectivity index (χ3n) is 3.14. The molecule has 0 aliphatic heterocycles. The lowest BCUT2D eigenvalue weighted by molar-refractivity contribution is -0.117. The van der Waals surface area contributed by atoms with Crippen LogP contribution in [0.3, 0.4) is 0 Å². The first-order valence-electron chi connectivity index (χ1n) is 7.39. The predicted molar refractivity (Wildman–Crippen MR) is 93.4 cm³/mol. The van der Waals surface area contributed by atoms with Crippen molar-refractivity contribution >= 4 is 33.2 Å². The molecule has 2 aromatic rings. The van der Waals surface area contributed by atoms with E-state index in [1.54, 1.807) is 18.3 Å². The van der Waals surface area contributed by atoms with E-state index in [2.05, 4.69) is 20.3 Å². The van der Waals surface area contributed by atoms with Crippen LogP contribution in [0.5, 0.6) is 0 Å². The predicted octanol–water partition coefficient (Wildman–Crippen LogP) is 1.35. The summed E-state index contributed by atoms with van der Waals surface area (Å²) in [5, 5.41) is 5.12. The molecule has 0 bridgehead atoms. The first-order chi connectivity index (χ1) is 11.8.